The normalized spacial score (nSPS) is 17.5. The van der Waals surface area contributed by atoms with Gasteiger partial charge in [0, 0.05) is 6.42 Å². The first-order chi connectivity index (χ1) is 7.18. The first kappa shape index (κ1) is 10.3. The molecule has 1 aromatic rings. The molecule has 1 unspecified atom stereocenters. The van der Waals surface area contributed by atoms with Crippen LogP contribution in [0.3, 0.4) is 0 Å². The molecule has 1 aliphatic carbocycles. The van der Waals surface area contributed by atoms with Crippen molar-refractivity contribution in [2.45, 2.75) is 25.4 Å². The third kappa shape index (κ3) is 2.42. The first-order valence-corrected chi connectivity index (χ1v) is 5.12. The molecule has 0 bridgehead atoms. The molecule has 0 heterocycles. The van der Waals surface area contributed by atoms with Gasteiger partial charge in [0.25, 0.3) is 0 Å². The van der Waals surface area contributed by atoms with Gasteiger partial charge in [-0.05, 0) is 30.4 Å². The lowest BCUT2D eigenvalue weighted by Gasteiger charge is -2.08. The van der Waals surface area contributed by atoms with E-state index in [1.165, 1.54) is 6.07 Å². The van der Waals surface area contributed by atoms with E-state index in [9.17, 15) is 14.3 Å². The quantitative estimate of drug-likeness (QED) is 0.817. The predicted octanol–water partition coefficient (Wildman–Crippen LogP) is 1.71. The van der Waals surface area contributed by atoms with Crippen molar-refractivity contribution in [2.24, 2.45) is 5.92 Å². The largest absolute Gasteiger partial charge is 0.385 e. The van der Waals surface area contributed by atoms with E-state index in [1.807, 2.05) is 0 Å². The molecule has 1 N–H and O–H groups in total. The van der Waals surface area contributed by atoms with Crippen LogP contribution in [0, 0.1) is 11.7 Å². The lowest BCUT2D eigenvalue weighted by molar-refractivity contribution is -0.127. The Bertz CT molecular complexity index is 372. The molecule has 0 saturated heterocycles. The average Bonchev–Trinajstić information content (AvgIpc) is 3.04. The minimum Gasteiger partial charge on any atom is -0.385 e. The maximum absolute atomic E-state index is 13.2. The van der Waals surface area contributed by atoms with Crippen LogP contribution in [0.1, 0.15) is 18.4 Å². The van der Waals surface area contributed by atoms with Gasteiger partial charge in [-0.2, -0.15) is 0 Å². The van der Waals surface area contributed by atoms with Crippen LogP contribution >= 0.6 is 0 Å². The van der Waals surface area contributed by atoms with E-state index in [2.05, 4.69) is 0 Å². The molecule has 0 spiro atoms. The summed E-state index contributed by atoms with van der Waals surface area (Å²) in [6, 6.07) is 6.18. The Morgan fingerprint density at radius 3 is 2.73 bits per heavy atom. The van der Waals surface area contributed by atoms with Crippen molar-refractivity contribution < 1.29 is 14.3 Å². The Hall–Kier alpha value is -1.22. The van der Waals surface area contributed by atoms with Gasteiger partial charge in [-0.15, -0.1) is 0 Å². The zero-order chi connectivity index (χ0) is 10.8. The van der Waals surface area contributed by atoms with Gasteiger partial charge in [-0.25, -0.2) is 4.39 Å². The summed E-state index contributed by atoms with van der Waals surface area (Å²) in [6.07, 6.45) is 0.906. The molecule has 1 aliphatic rings. The highest BCUT2D eigenvalue weighted by molar-refractivity contribution is 5.85. The average molecular weight is 208 g/mol. The topological polar surface area (TPSA) is 37.3 Å². The smallest absolute Gasteiger partial charge is 0.166 e. The number of carbonyl (C=O) groups excluding carboxylic acids is 1. The monoisotopic (exact) mass is 208 g/mol. The summed E-state index contributed by atoms with van der Waals surface area (Å²) in [5.74, 6) is -0.541. The number of Topliss-reactive ketones (excluding diaryl/α,β-unsaturated/α-hetero) is 1. The summed E-state index contributed by atoms with van der Waals surface area (Å²) in [5, 5.41) is 9.54. The van der Waals surface area contributed by atoms with E-state index >= 15 is 0 Å². The summed E-state index contributed by atoms with van der Waals surface area (Å²) in [5.41, 5.74) is 0.363. The van der Waals surface area contributed by atoms with E-state index in [1.54, 1.807) is 18.2 Å². The van der Waals surface area contributed by atoms with Crippen LogP contribution in [0.4, 0.5) is 4.39 Å². The second kappa shape index (κ2) is 4.11. The number of rotatable bonds is 4. The molecule has 1 atom stereocenters. The number of ketones is 1. The second-order valence-corrected chi connectivity index (χ2v) is 4.02. The Labute approximate surface area is 87.7 Å². The summed E-state index contributed by atoms with van der Waals surface area (Å²) >= 11 is 0. The highest BCUT2D eigenvalue weighted by atomic mass is 19.1. The molecule has 1 fully saturated rings. The number of aliphatic hydroxyl groups excluding tert-OH is 1. The molecular formula is C12H13FO2. The molecule has 1 saturated carbocycles. The maximum atomic E-state index is 13.2. The van der Waals surface area contributed by atoms with E-state index < -0.39 is 6.10 Å². The van der Waals surface area contributed by atoms with Gasteiger partial charge in [0.15, 0.2) is 5.78 Å². The lowest BCUT2D eigenvalue weighted by atomic mass is 10.0. The predicted molar refractivity (Wildman–Crippen MR) is 53.8 cm³/mol. The van der Waals surface area contributed by atoms with E-state index in [0.29, 0.717) is 5.56 Å². The van der Waals surface area contributed by atoms with Gasteiger partial charge in [0.05, 0.1) is 0 Å². The van der Waals surface area contributed by atoms with Crippen LogP contribution in [-0.4, -0.2) is 17.0 Å². The van der Waals surface area contributed by atoms with E-state index in [4.69, 9.17) is 0 Å². The summed E-state index contributed by atoms with van der Waals surface area (Å²) in [6.45, 7) is 0. The van der Waals surface area contributed by atoms with Crippen LogP contribution in [0.2, 0.25) is 0 Å². The van der Waals surface area contributed by atoms with Crippen molar-refractivity contribution in [3.63, 3.8) is 0 Å². The van der Waals surface area contributed by atoms with Crippen molar-refractivity contribution >= 4 is 5.78 Å². The highest BCUT2D eigenvalue weighted by Crippen LogP contribution is 2.33. The SMILES string of the molecule is O=C(Cc1ccccc1F)C(O)C1CC1. The lowest BCUT2D eigenvalue weighted by Crippen LogP contribution is -2.24. The van der Waals surface area contributed by atoms with Crippen molar-refractivity contribution in [3.05, 3.63) is 35.6 Å². The molecule has 0 aliphatic heterocycles. The Morgan fingerprint density at radius 1 is 1.47 bits per heavy atom. The standard InChI is InChI=1S/C12H13FO2/c13-10-4-2-1-3-9(10)7-11(14)12(15)8-5-6-8/h1-4,8,12,15H,5-7H2. The maximum Gasteiger partial charge on any atom is 0.166 e. The van der Waals surface area contributed by atoms with Gasteiger partial charge in [-0.1, -0.05) is 18.2 Å². The third-order valence-electron chi connectivity index (χ3n) is 2.72. The molecule has 1 aromatic carbocycles. The number of hydrogen-bond acceptors (Lipinski definition) is 2. The highest BCUT2D eigenvalue weighted by Gasteiger charge is 2.34. The van der Waals surface area contributed by atoms with Crippen LogP contribution in [-0.2, 0) is 11.2 Å². The molecule has 15 heavy (non-hydrogen) atoms. The molecule has 80 valence electrons. The van der Waals surface area contributed by atoms with Gasteiger partial charge >= 0.3 is 0 Å². The van der Waals surface area contributed by atoms with E-state index in [0.717, 1.165) is 12.8 Å². The molecule has 0 aromatic heterocycles. The molecular weight excluding hydrogens is 195 g/mol. The third-order valence-corrected chi connectivity index (χ3v) is 2.72. The zero-order valence-electron chi connectivity index (χ0n) is 8.32. The van der Waals surface area contributed by atoms with Crippen LogP contribution < -0.4 is 0 Å². The minimum atomic E-state index is -0.899. The first-order valence-electron chi connectivity index (χ1n) is 5.12. The van der Waals surface area contributed by atoms with Crippen LogP contribution in [0.25, 0.3) is 0 Å². The fourth-order valence-electron chi connectivity index (χ4n) is 1.61. The van der Waals surface area contributed by atoms with Crippen molar-refractivity contribution in [1.82, 2.24) is 0 Å². The van der Waals surface area contributed by atoms with Crippen molar-refractivity contribution in [2.75, 3.05) is 0 Å². The fraction of sp³-hybridized carbons (Fsp3) is 0.417. The number of hydrogen-bond donors (Lipinski definition) is 1. The number of benzene rings is 1. The molecule has 2 nitrogen and oxygen atoms in total. The number of carbonyl (C=O) groups is 1. The van der Waals surface area contributed by atoms with Gasteiger partial charge in [-0.3, -0.25) is 4.79 Å². The van der Waals surface area contributed by atoms with Gasteiger partial charge < -0.3 is 5.11 Å². The zero-order valence-corrected chi connectivity index (χ0v) is 8.32. The molecule has 2 rings (SSSR count). The van der Waals surface area contributed by atoms with Crippen LogP contribution in [0.5, 0.6) is 0 Å². The Morgan fingerprint density at radius 2 is 2.13 bits per heavy atom. The Kier molecular flexibility index (Phi) is 2.82. The number of aliphatic hydroxyl groups is 1. The summed E-state index contributed by atoms with van der Waals surface area (Å²) < 4.78 is 13.2. The van der Waals surface area contributed by atoms with Crippen molar-refractivity contribution in [1.29, 1.82) is 0 Å². The van der Waals surface area contributed by atoms with Gasteiger partial charge in [0.1, 0.15) is 11.9 Å². The summed E-state index contributed by atoms with van der Waals surface area (Å²) in [4.78, 5) is 11.5. The second-order valence-electron chi connectivity index (χ2n) is 4.02. The Balaban J connectivity index is 2.02. The molecule has 0 radical (unpaired) electrons. The molecule has 3 heteroatoms. The number of halogens is 1. The van der Waals surface area contributed by atoms with Gasteiger partial charge in [0.2, 0.25) is 0 Å². The summed E-state index contributed by atoms with van der Waals surface area (Å²) in [7, 11) is 0. The minimum absolute atomic E-state index is 0.00958. The fourth-order valence-corrected chi connectivity index (χ4v) is 1.61. The van der Waals surface area contributed by atoms with Crippen LogP contribution in [0.15, 0.2) is 24.3 Å². The van der Waals surface area contributed by atoms with Crippen molar-refractivity contribution in [3.8, 4) is 0 Å². The molecule has 0 amide bonds. The van der Waals surface area contributed by atoms with E-state index in [-0.39, 0.29) is 23.9 Å².